The number of carbonyl (C=O) groups excluding carboxylic acids is 1. The SMILES string of the molecule is C=C(C)CN1C(=O)C(O)(c2c[nH]c3ccccc23)c2ccccc21. The van der Waals surface area contributed by atoms with Crippen LogP contribution in [0.4, 0.5) is 5.69 Å². The van der Waals surface area contributed by atoms with Gasteiger partial charge in [0.15, 0.2) is 5.60 Å². The van der Waals surface area contributed by atoms with Gasteiger partial charge in [-0.1, -0.05) is 48.6 Å². The Kier molecular flexibility index (Phi) is 3.11. The molecule has 1 unspecified atom stereocenters. The summed E-state index contributed by atoms with van der Waals surface area (Å²) in [5.41, 5.74) is 2.00. The normalized spacial score (nSPS) is 19.8. The van der Waals surface area contributed by atoms with Crippen LogP contribution in [-0.4, -0.2) is 22.5 Å². The molecular weight excluding hydrogens is 300 g/mol. The van der Waals surface area contributed by atoms with Crippen molar-refractivity contribution >= 4 is 22.5 Å². The Balaban J connectivity index is 1.97. The summed E-state index contributed by atoms with van der Waals surface area (Å²) in [7, 11) is 0. The number of nitrogens with zero attached hydrogens (tertiary/aromatic N) is 1. The van der Waals surface area contributed by atoms with Gasteiger partial charge < -0.3 is 15.0 Å². The van der Waals surface area contributed by atoms with Gasteiger partial charge in [-0.3, -0.25) is 4.79 Å². The van der Waals surface area contributed by atoms with Gasteiger partial charge in [-0.25, -0.2) is 0 Å². The molecule has 0 saturated heterocycles. The van der Waals surface area contributed by atoms with E-state index in [1.165, 1.54) is 0 Å². The third-order valence-electron chi connectivity index (χ3n) is 4.55. The number of aromatic amines is 1. The van der Waals surface area contributed by atoms with Crippen LogP contribution in [0.25, 0.3) is 10.9 Å². The number of aromatic nitrogens is 1. The molecule has 2 aromatic carbocycles. The maximum absolute atomic E-state index is 13.2. The molecule has 24 heavy (non-hydrogen) atoms. The lowest BCUT2D eigenvalue weighted by atomic mass is 9.87. The minimum atomic E-state index is -1.69. The van der Waals surface area contributed by atoms with E-state index in [0.717, 1.165) is 22.2 Å². The highest BCUT2D eigenvalue weighted by Gasteiger charge is 2.51. The zero-order chi connectivity index (χ0) is 16.9. The smallest absolute Gasteiger partial charge is 0.268 e. The molecule has 4 heteroatoms. The summed E-state index contributed by atoms with van der Waals surface area (Å²) in [6.07, 6.45) is 1.73. The summed E-state index contributed by atoms with van der Waals surface area (Å²) in [6, 6.07) is 15.1. The van der Waals surface area contributed by atoms with Crippen molar-refractivity contribution < 1.29 is 9.90 Å². The van der Waals surface area contributed by atoms with Crippen LogP contribution in [0.15, 0.2) is 66.9 Å². The molecule has 2 heterocycles. The first-order valence-electron chi connectivity index (χ1n) is 7.88. The number of hydrogen-bond acceptors (Lipinski definition) is 2. The fourth-order valence-corrected chi connectivity index (χ4v) is 3.49. The Labute approximate surface area is 140 Å². The van der Waals surface area contributed by atoms with Gasteiger partial charge in [0, 0.05) is 34.8 Å². The van der Waals surface area contributed by atoms with Gasteiger partial charge in [0.25, 0.3) is 5.91 Å². The molecule has 1 atom stereocenters. The lowest BCUT2D eigenvalue weighted by molar-refractivity contribution is -0.132. The lowest BCUT2D eigenvalue weighted by Gasteiger charge is -2.23. The Morgan fingerprint density at radius 3 is 2.67 bits per heavy atom. The van der Waals surface area contributed by atoms with E-state index in [9.17, 15) is 9.90 Å². The largest absolute Gasteiger partial charge is 0.372 e. The molecule has 0 saturated carbocycles. The van der Waals surface area contributed by atoms with Crippen molar-refractivity contribution in [3.8, 4) is 0 Å². The fourth-order valence-electron chi connectivity index (χ4n) is 3.49. The third-order valence-corrected chi connectivity index (χ3v) is 4.55. The maximum Gasteiger partial charge on any atom is 0.268 e. The van der Waals surface area contributed by atoms with Crippen LogP contribution in [0.2, 0.25) is 0 Å². The van der Waals surface area contributed by atoms with E-state index >= 15 is 0 Å². The molecule has 4 nitrogen and oxygen atoms in total. The molecular formula is C20H18N2O2. The van der Waals surface area contributed by atoms with Crippen molar-refractivity contribution in [2.75, 3.05) is 11.4 Å². The Bertz CT molecular complexity index is 972. The minimum absolute atomic E-state index is 0.337. The van der Waals surface area contributed by atoms with E-state index in [2.05, 4.69) is 11.6 Å². The second-order valence-corrected chi connectivity index (χ2v) is 6.32. The van der Waals surface area contributed by atoms with Crippen molar-refractivity contribution in [3.05, 3.63) is 78.0 Å². The standard InChI is InChI=1S/C20H18N2O2/c1-13(2)12-22-18-10-6-4-8-15(18)20(24,19(22)23)16-11-21-17-9-5-3-7-14(16)17/h3-11,21,24H,1,12H2,2H3. The second kappa shape index (κ2) is 5.08. The highest BCUT2D eigenvalue weighted by atomic mass is 16.3. The van der Waals surface area contributed by atoms with Gasteiger partial charge in [-0.05, 0) is 19.1 Å². The van der Waals surface area contributed by atoms with E-state index in [4.69, 9.17) is 0 Å². The van der Waals surface area contributed by atoms with E-state index in [1.807, 2.05) is 55.5 Å². The summed E-state index contributed by atoms with van der Waals surface area (Å²) < 4.78 is 0. The number of para-hydroxylation sites is 2. The van der Waals surface area contributed by atoms with Crippen LogP contribution in [-0.2, 0) is 10.4 Å². The lowest BCUT2D eigenvalue weighted by Crippen LogP contribution is -2.41. The van der Waals surface area contributed by atoms with Crippen LogP contribution in [0.1, 0.15) is 18.1 Å². The third kappa shape index (κ3) is 1.87. The predicted octanol–water partition coefficient (Wildman–Crippen LogP) is 3.33. The monoisotopic (exact) mass is 318 g/mol. The fraction of sp³-hybridized carbons (Fsp3) is 0.150. The number of hydrogen-bond donors (Lipinski definition) is 2. The number of aliphatic hydroxyl groups is 1. The molecule has 2 N–H and O–H groups in total. The Morgan fingerprint density at radius 2 is 1.88 bits per heavy atom. The number of benzene rings is 2. The average Bonchev–Trinajstić information content (AvgIpc) is 3.10. The number of rotatable bonds is 3. The second-order valence-electron chi connectivity index (χ2n) is 6.32. The number of anilines is 1. The molecule has 0 spiro atoms. The van der Waals surface area contributed by atoms with Crippen LogP contribution in [0.3, 0.4) is 0 Å². The number of amides is 1. The van der Waals surface area contributed by atoms with Crippen molar-refractivity contribution in [1.29, 1.82) is 0 Å². The number of carbonyl (C=O) groups is 1. The van der Waals surface area contributed by atoms with Gasteiger partial charge in [-0.2, -0.15) is 0 Å². The molecule has 0 radical (unpaired) electrons. The van der Waals surface area contributed by atoms with Crippen molar-refractivity contribution in [1.82, 2.24) is 4.98 Å². The number of H-pyrrole nitrogens is 1. The maximum atomic E-state index is 13.2. The summed E-state index contributed by atoms with van der Waals surface area (Å²) >= 11 is 0. The van der Waals surface area contributed by atoms with Gasteiger partial charge in [-0.15, -0.1) is 0 Å². The zero-order valence-electron chi connectivity index (χ0n) is 13.4. The number of fused-ring (bicyclic) bond motifs is 2. The van der Waals surface area contributed by atoms with E-state index in [0.29, 0.717) is 17.7 Å². The predicted molar refractivity (Wildman–Crippen MR) is 94.9 cm³/mol. The van der Waals surface area contributed by atoms with Gasteiger partial charge in [0.1, 0.15) is 0 Å². The molecule has 1 aromatic heterocycles. The zero-order valence-corrected chi connectivity index (χ0v) is 13.4. The molecule has 0 fully saturated rings. The molecule has 1 aliphatic heterocycles. The minimum Gasteiger partial charge on any atom is -0.372 e. The Morgan fingerprint density at radius 1 is 1.17 bits per heavy atom. The molecule has 1 amide bonds. The Hall–Kier alpha value is -2.85. The first kappa shape index (κ1) is 14.7. The highest BCUT2D eigenvalue weighted by Crippen LogP contribution is 2.46. The molecule has 0 bridgehead atoms. The van der Waals surface area contributed by atoms with E-state index in [-0.39, 0.29) is 5.91 Å². The summed E-state index contributed by atoms with van der Waals surface area (Å²) in [4.78, 5) is 17.9. The molecule has 120 valence electrons. The quantitative estimate of drug-likeness (QED) is 0.728. The van der Waals surface area contributed by atoms with Gasteiger partial charge in [0.05, 0.1) is 5.69 Å². The van der Waals surface area contributed by atoms with E-state index < -0.39 is 5.60 Å². The summed E-state index contributed by atoms with van der Waals surface area (Å²) in [5.74, 6) is -0.337. The molecule has 0 aliphatic carbocycles. The average molecular weight is 318 g/mol. The van der Waals surface area contributed by atoms with Crippen molar-refractivity contribution in [2.24, 2.45) is 0 Å². The van der Waals surface area contributed by atoms with E-state index in [1.54, 1.807) is 11.1 Å². The molecule has 3 aromatic rings. The summed E-state index contributed by atoms with van der Waals surface area (Å²) in [5, 5.41) is 12.4. The van der Waals surface area contributed by atoms with Crippen LogP contribution in [0.5, 0.6) is 0 Å². The summed E-state index contributed by atoms with van der Waals surface area (Å²) in [6.45, 7) is 6.17. The van der Waals surface area contributed by atoms with Gasteiger partial charge >= 0.3 is 0 Å². The molecule has 1 aliphatic rings. The first-order chi connectivity index (χ1) is 11.5. The number of nitrogens with one attached hydrogen (secondary N) is 1. The van der Waals surface area contributed by atoms with Crippen LogP contribution in [0, 0.1) is 0 Å². The first-order valence-corrected chi connectivity index (χ1v) is 7.88. The molecule has 4 rings (SSSR count). The van der Waals surface area contributed by atoms with Crippen molar-refractivity contribution in [2.45, 2.75) is 12.5 Å². The van der Waals surface area contributed by atoms with Crippen molar-refractivity contribution in [3.63, 3.8) is 0 Å². The topological polar surface area (TPSA) is 56.3 Å². The van der Waals surface area contributed by atoms with Crippen LogP contribution < -0.4 is 4.90 Å². The van der Waals surface area contributed by atoms with Gasteiger partial charge in [0.2, 0.25) is 0 Å². The van der Waals surface area contributed by atoms with Crippen LogP contribution >= 0.6 is 0 Å². The highest BCUT2D eigenvalue weighted by molar-refractivity contribution is 6.11.